The number of esters is 1. The first-order chi connectivity index (χ1) is 13.7. The first-order valence-corrected chi connectivity index (χ1v) is 10.2. The average Bonchev–Trinajstić information content (AvgIpc) is 3.20. The largest absolute Gasteiger partial charge is 0.461 e. The summed E-state index contributed by atoms with van der Waals surface area (Å²) in [6.45, 7) is 5.24. The zero-order chi connectivity index (χ0) is 19.0. The number of fused-ring (bicyclic) bond motifs is 1. The van der Waals surface area contributed by atoms with E-state index in [0.717, 1.165) is 82.2 Å². The molecule has 0 bridgehead atoms. The molecule has 2 saturated heterocycles. The van der Waals surface area contributed by atoms with Crippen LogP contribution in [0.15, 0.2) is 24.5 Å². The Balaban J connectivity index is 1.21. The van der Waals surface area contributed by atoms with Crippen LogP contribution in [0.3, 0.4) is 0 Å². The van der Waals surface area contributed by atoms with E-state index in [1.807, 2.05) is 16.8 Å². The number of aromatic nitrogens is 4. The van der Waals surface area contributed by atoms with Gasteiger partial charge in [0.15, 0.2) is 5.82 Å². The van der Waals surface area contributed by atoms with Gasteiger partial charge in [0.1, 0.15) is 11.9 Å². The van der Waals surface area contributed by atoms with Gasteiger partial charge in [-0.1, -0.05) is 0 Å². The molecule has 0 aliphatic carbocycles. The number of piperidine rings is 1. The topological polar surface area (TPSA) is 85.2 Å². The summed E-state index contributed by atoms with van der Waals surface area (Å²) in [5.74, 6) is 1.78. The third-order valence-corrected chi connectivity index (χ3v) is 6.30. The molecule has 1 N–H and O–H groups in total. The predicted octanol–water partition coefficient (Wildman–Crippen LogP) is 0.884. The molecule has 5 heterocycles. The normalized spacial score (nSPS) is 24.7. The number of nitrogens with one attached hydrogen (secondary N) is 1. The van der Waals surface area contributed by atoms with Crippen LogP contribution in [0.4, 0.5) is 0 Å². The van der Waals surface area contributed by atoms with Crippen molar-refractivity contribution >= 4 is 5.97 Å². The summed E-state index contributed by atoms with van der Waals surface area (Å²) in [5, 5.41) is 8.02. The van der Waals surface area contributed by atoms with Crippen LogP contribution in [0.2, 0.25) is 0 Å². The Morgan fingerprint density at radius 3 is 2.96 bits per heavy atom. The van der Waals surface area contributed by atoms with Gasteiger partial charge in [0, 0.05) is 50.4 Å². The van der Waals surface area contributed by atoms with Crippen LogP contribution >= 0.6 is 0 Å². The average molecular weight is 382 g/mol. The minimum Gasteiger partial charge on any atom is -0.461 e. The lowest BCUT2D eigenvalue weighted by Gasteiger charge is -2.29. The summed E-state index contributed by atoms with van der Waals surface area (Å²) < 4.78 is 7.79. The first kappa shape index (κ1) is 17.8. The Bertz CT molecular complexity index is 820. The molecule has 2 fully saturated rings. The molecule has 1 spiro atoms. The fraction of sp³-hybridized carbons (Fsp3) is 0.600. The van der Waals surface area contributed by atoms with Crippen molar-refractivity contribution in [3.63, 3.8) is 0 Å². The van der Waals surface area contributed by atoms with Crippen molar-refractivity contribution in [2.45, 2.75) is 38.3 Å². The lowest BCUT2D eigenvalue weighted by atomic mass is 9.76. The molecule has 1 atom stereocenters. The summed E-state index contributed by atoms with van der Waals surface area (Å²) in [5.41, 5.74) is 0.708. The lowest BCUT2D eigenvalue weighted by Crippen LogP contribution is -2.40. The number of ether oxygens (including phenoxy) is 1. The van der Waals surface area contributed by atoms with Crippen LogP contribution in [-0.2, 0) is 22.5 Å². The quantitative estimate of drug-likeness (QED) is 0.789. The Morgan fingerprint density at radius 2 is 2.14 bits per heavy atom. The minimum absolute atomic E-state index is 0.00920. The Labute approximate surface area is 164 Å². The number of pyridine rings is 1. The number of hydrogen-bond acceptors (Lipinski definition) is 7. The maximum Gasteiger partial charge on any atom is 0.312 e. The smallest absolute Gasteiger partial charge is 0.312 e. The van der Waals surface area contributed by atoms with E-state index in [0.29, 0.717) is 0 Å². The minimum atomic E-state index is -0.241. The van der Waals surface area contributed by atoms with Gasteiger partial charge in [-0.05, 0) is 38.1 Å². The van der Waals surface area contributed by atoms with Gasteiger partial charge < -0.3 is 10.1 Å². The highest BCUT2D eigenvalue weighted by Gasteiger charge is 2.49. The van der Waals surface area contributed by atoms with E-state index >= 15 is 0 Å². The number of cyclic esters (lactones) is 1. The second-order valence-corrected chi connectivity index (χ2v) is 8.13. The molecule has 0 aromatic carbocycles. The van der Waals surface area contributed by atoms with Crippen molar-refractivity contribution in [2.24, 2.45) is 5.41 Å². The molecular weight excluding hydrogens is 356 g/mol. The van der Waals surface area contributed by atoms with Crippen LogP contribution in [-0.4, -0.2) is 69.4 Å². The van der Waals surface area contributed by atoms with Crippen LogP contribution in [0.1, 0.15) is 25.1 Å². The highest BCUT2D eigenvalue weighted by molar-refractivity contribution is 5.79. The fourth-order valence-corrected chi connectivity index (χ4v) is 4.68. The monoisotopic (exact) mass is 382 g/mol. The van der Waals surface area contributed by atoms with Gasteiger partial charge in [-0.25, -0.2) is 9.67 Å². The van der Waals surface area contributed by atoms with E-state index in [2.05, 4.69) is 20.3 Å². The van der Waals surface area contributed by atoms with E-state index < -0.39 is 0 Å². The van der Waals surface area contributed by atoms with Gasteiger partial charge in [0.05, 0.1) is 12.0 Å². The van der Waals surface area contributed by atoms with Crippen LogP contribution in [0.5, 0.6) is 0 Å². The van der Waals surface area contributed by atoms with Gasteiger partial charge in [-0.3, -0.25) is 14.7 Å². The molecule has 3 aliphatic rings. The van der Waals surface area contributed by atoms with Crippen molar-refractivity contribution in [1.29, 1.82) is 0 Å². The molecular formula is C20H26N6O2. The third kappa shape index (κ3) is 3.31. The fourth-order valence-electron chi connectivity index (χ4n) is 4.68. The van der Waals surface area contributed by atoms with Gasteiger partial charge in [-0.2, -0.15) is 5.10 Å². The lowest BCUT2D eigenvalue weighted by molar-refractivity contribution is -0.150. The van der Waals surface area contributed by atoms with Crippen molar-refractivity contribution in [1.82, 2.24) is 30.0 Å². The molecule has 8 nitrogen and oxygen atoms in total. The molecule has 2 aromatic heterocycles. The number of rotatable bonds is 3. The molecule has 5 rings (SSSR count). The summed E-state index contributed by atoms with van der Waals surface area (Å²) in [7, 11) is 0. The summed E-state index contributed by atoms with van der Waals surface area (Å²) in [6.07, 6.45) is 7.08. The second kappa shape index (κ2) is 7.25. The molecule has 148 valence electrons. The van der Waals surface area contributed by atoms with Crippen LogP contribution in [0.25, 0.3) is 11.4 Å². The van der Waals surface area contributed by atoms with Gasteiger partial charge in [0.25, 0.3) is 0 Å². The highest BCUT2D eigenvalue weighted by atomic mass is 16.6. The third-order valence-electron chi connectivity index (χ3n) is 6.30. The van der Waals surface area contributed by atoms with E-state index in [4.69, 9.17) is 9.72 Å². The van der Waals surface area contributed by atoms with Gasteiger partial charge >= 0.3 is 5.97 Å². The number of nitrogens with zero attached hydrogens (tertiary/aromatic N) is 5. The molecule has 0 radical (unpaired) electrons. The van der Waals surface area contributed by atoms with Crippen LogP contribution < -0.4 is 5.32 Å². The van der Waals surface area contributed by atoms with E-state index in [1.165, 1.54) is 0 Å². The number of carbonyl (C=O) groups excluding carboxylic acids is 1. The van der Waals surface area contributed by atoms with Crippen molar-refractivity contribution in [3.8, 4) is 11.4 Å². The number of hydrogen-bond donors (Lipinski definition) is 1. The Morgan fingerprint density at radius 1 is 1.25 bits per heavy atom. The number of carbonyl (C=O) groups is 1. The zero-order valence-electron chi connectivity index (χ0n) is 16.0. The van der Waals surface area contributed by atoms with Crippen molar-refractivity contribution < 1.29 is 9.53 Å². The maximum absolute atomic E-state index is 12.5. The SMILES string of the molecule is O=C1OC(CN2CCc3nc(-c4cccnc4)nn3CC2)CC12CCNCC2. The van der Waals surface area contributed by atoms with E-state index in [9.17, 15) is 4.79 Å². The molecule has 28 heavy (non-hydrogen) atoms. The maximum atomic E-state index is 12.5. The van der Waals surface area contributed by atoms with Crippen molar-refractivity contribution in [3.05, 3.63) is 30.4 Å². The molecule has 1 unspecified atom stereocenters. The van der Waals surface area contributed by atoms with E-state index in [1.54, 1.807) is 12.4 Å². The zero-order valence-corrected chi connectivity index (χ0v) is 16.0. The summed E-state index contributed by atoms with van der Waals surface area (Å²) in [6, 6.07) is 3.89. The Kier molecular flexibility index (Phi) is 4.60. The summed E-state index contributed by atoms with van der Waals surface area (Å²) >= 11 is 0. The first-order valence-electron chi connectivity index (χ1n) is 10.2. The highest BCUT2D eigenvalue weighted by Crippen LogP contribution is 2.41. The van der Waals surface area contributed by atoms with Gasteiger partial charge in [-0.15, -0.1) is 0 Å². The second-order valence-electron chi connectivity index (χ2n) is 8.13. The molecule has 8 heteroatoms. The standard InChI is InChI=1S/C20H26N6O2/c27-19-20(4-7-21-8-5-20)12-16(28-19)14-25-9-3-17-23-18(24-26(17)11-10-25)15-2-1-6-22-13-15/h1-2,6,13,16,21H,3-5,7-12,14H2. The molecule has 0 saturated carbocycles. The molecule has 2 aromatic rings. The molecule has 0 amide bonds. The van der Waals surface area contributed by atoms with Crippen LogP contribution in [0, 0.1) is 5.41 Å². The van der Waals surface area contributed by atoms with Crippen molar-refractivity contribution in [2.75, 3.05) is 32.7 Å². The summed E-state index contributed by atoms with van der Waals surface area (Å²) in [4.78, 5) is 23.7. The molecule has 3 aliphatic heterocycles. The van der Waals surface area contributed by atoms with Gasteiger partial charge in [0.2, 0.25) is 0 Å². The predicted molar refractivity (Wildman–Crippen MR) is 102 cm³/mol. The van der Waals surface area contributed by atoms with E-state index in [-0.39, 0.29) is 17.5 Å². The Hall–Kier alpha value is -2.32.